The molecule has 0 atom stereocenters. The highest BCUT2D eigenvalue weighted by atomic mass is 32.2. The Morgan fingerprint density at radius 2 is 1.81 bits per heavy atom. The molecular formula is C27H23N5O4S. The summed E-state index contributed by atoms with van der Waals surface area (Å²) in [5.41, 5.74) is 2.73. The summed E-state index contributed by atoms with van der Waals surface area (Å²) in [7, 11) is 2.89. The monoisotopic (exact) mass is 513 g/mol. The van der Waals surface area contributed by atoms with E-state index in [1.807, 2.05) is 6.07 Å². The Bertz CT molecular complexity index is 1400. The number of anilines is 1. The van der Waals surface area contributed by atoms with Crippen LogP contribution in [0.3, 0.4) is 0 Å². The molecular weight excluding hydrogens is 490 g/mol. The maximum Gasteiger partial charge on any atom is 0.325 e. The molecule has 1 aromatic heterocycles. The van der Waals surface area contributed by atoms with Crippen LogP contribution in [0.1, 0.15) is 22.3 Å². The molecule has 1 N–H and O–H groups in total. The molecule has 0 radical (unpaired) electrons. The number of hydrogen-bond donors (Lipinski definition) is 1. The van der Waals surface area contributed by atoms with Crippen molar-refractivity contribution in [2.75, 3.05) is 38.8 Å². The zero-order valence-corrected chi connectivity index (χ0v) is 21.1. The van der Waals surface area contributed by atoms with Crippen LogP contribution in [-0.2, 0) is 15.3 Å². The first-order chi connectivity index (χ1) is 17.9. The van der Waals surface area contributed by atoms with Gasteiger partial charge in [-0.3, -0.25) is 4.79 Å². The van der Waals surface area contributed by atoms with Crippen molar-refractivity contribution in [2.45, 2.75) is 10.8 Å². The molecule has 0 saturated carbocycles. The van der Waals surface area contributed by atoms with Crippen LogP contribution in [-0.4, -0.2) is 50.0 Å². The molecule has 0 fully saturated rings. The van der Waals surface area contributed by atoms with Gasteiger partial charge in [-0.05, 0) is 35.4 Å². The van der Waals surface area contributed by atoms with Gasteiger partial charge < -0.3 is 19.5 Å². The number of thioether (sulfide) groups is 1. The highest BCUT2D eigenvalue weighted by Crippen LogP contribution is 2.39. The van der Waals surface area contributed by atoms with Gasteiger partial charge in [0.1, 0.15) is 47.4 Å². The summed E-state index contributed by atoms with van der Waals surface area (Å²) in [6, 6.07) is 20.4. The Morgan fingerprint density at radius 3 is 2.43 bits per heavy atom. The van der Waals surface area contributed by atoms with Gasteiger partial charge in [-0.25, -0.2) is 4.98 Å². The number of aromatic nitrogens is 1. The Morgan fingerprint density at radius 1 is 1.08 bits per heavy atom. The summed E-state index contributed by atoms with van der Waals surface area (Å²) in [5.74, 6) is 0.679. The molecule has 0 unspecified atom stereocenters. The van der Waals surface area contributed by atoms with Gasteiger partial charge in [-0.1, -0.05) is 24.3 Å². The Labute approximate surface area is 219 Å². The second kappa shape index (κ2) is 12.9. The third-order valence-electron chi connectivity index (χ3n) is 5.26. The second-order valence-corrected chi connectivity index (χ2v) is 8.68. The minimum atomic E-state index is -0.507. The molecule has 2 aromatic carbocycles. The van der Waals surface area contributed by atoms with Crippen LogP contribution in [0, 0.1) is 34.0 Å². The van der Waals surface area contributed by atoms with Gasteiger partial charge in [0.15, 0.2) is 0 Å². The van der Waals surface area contributed by atoms with Gasteiger partial charge in [-0.15, -0.1) is 11.8 Å². The van der Waals surface area contributed by atoms with Gasteiger partial charge >= 0.3 is 5.97 Å². The molecule has 0 bridgehead atoms. The fourth-order valence-corrected chi connectivity index (χ4v) is 4.45. The zero-order chi connectivity index (χ0) is 26.8. The molecule has 37 heavy (non-hydrogen) atoms. The first-order valence-electron chi connectivity index (χ1n) is 11.1. The van der Waals surface area contributed by atoms with E-state index in [-0.39, 0.29) is 36.7 Å². The third kappa shape index (κ3) is 6.56. The van der Waals surface area contributed by atoms with E-state index in [1.54, 1.807) is 49.5 Å². The molecule has 1 heterocycles. The van der Waals surface area contributed by atoms with E-state index in [9.17, 15) is 20.6 Å². The number of nitriles is 3. The van der Waals surface area contributed by atoms with Gasteiger partial charge in [0, 0.05) is 18.4 Å². The van der Waals surface area contributed by atoms with E-state index in [2.05, 4.69) is 23.2 Å². The number of aliphatic hydroxyl groups is 1. The highest BCUT2D eigenvalue weighted by molar-refractivity contribution is 7.98. The minimum Gasteiger partial charge on any atom is -0.491 e. The van der Waals surface area contributed by atoms with E-state index in [4.69, 9.17) is 14.6 Å². The number of benzene rings is 2. The predicted octanol–water partition coefficient (Wildman–Crippen LogP) is 3.64. The molecule has 0 aliphatic heterocycles. The Balaban J connectivity index is 2.14. The number of pyridine rings is 1. The number of ether oxygens (including phenoxy) is 2. The summed E-state index contributed by atoms with van der Waals surface area (Å²) in [6.45, 7) is -0.138. The number of nitrogens with zero attached hydrogens (tertiary/aromatic N) is 5. The first-order valence-corrected chi connectivity index (χ1v) is 12.1. The zero-order valence-electron chi connectivity index (χ0n) is 20.3. The number of methoxy groups -OCH3 is 1. The topological polar surface area (TPSA) is 143 Å². The number of likely N-dealkylation sites (N-methyl/N-ethyl adjacent to an activating group) is 1. The quantitative estimate of drug-likeness (QED) is 0.315. The Hall–Kier alpha value is -4.56. The highest BCUT2D eigenvalue weighted by Gasteiger charge is 2.24. The summed E-state index contributed by atoms with van der Waals surface area (Å²) in [5, 5.41) is 38.8. The summed E-state index contributed by atoms with van der Waals surface area (Å²) in [4.78, 5) is 18.1. The standard InChI is InChI=1S/C27H23N5O4S/c1-32(16-24(34)35-2)26-22(14-29)25(20-6-8-21(9-7-20)36-11-10-33)23(15-30)27(31-26)37-17-19-5-3-4-18(12-19)13-28/h3-9,12,33H,10-11,16-17H2,1-2H3. The molecule has 0 amide bonds. The second-order valence-electron chi connectivity index (χ2n) is 7.72. The van der Waals surface area contributed by atoms with Crippen molar-refractivity contribution in [1.29, 1.82) is 15.8 Å². The van der Waals surface area contributed by atoms with Gasteiger partial charge in [0.25, 0.3) is 0 Å². The largest absolute Gasteiger partial charge is 0.491 e. The lowest BCUT2D eigenvalue weighted by Gasteiger charge is -2.22. The fourth-order valence-electron chi connectivity index (χ4n) is 3.53. The van der Waals surface area contributed by atoms with Crippen molar-refractivity contribution in [1.82, 2.24) is 4.98 Å². The minimum absolute atomic E-state index is 0.128. The van der Waals surface area contributed by atoms with Crippen LogP contribution in [0.2, 0.25) is 0 Å². The fraction of sp³-hybridized carbons (Fsp3) is 0.222. The molecule has 0 aliphatic rings. The summed E-state index contributed by atoms with van der Waals surface area (Å²) < 4.78 is 10.2. The number of esters is 1. The smallest absolute Gasteiger partial charge is 0.325 e. The first kappa shape index (κ1) is 27.0. The number of aliphatic hydroxyl groups excluding tert-OH is 1. The molecule has 9 nitrogen and oxygen atoms in total. The molecule has 3 rings (SSSR count). The van der Waals surface area contributed by atoms with Gasteiger partial charge in [0.2, 0.25) is 0 Å². The maximum atomic E-state index is 12.0. The normalized spacial score (nSPS) is 10.1. The lowest BCUT2D eigenvalue weighted by atomic mass is 9.96. The predicted molar refractivity (Wildman–Crippen MR) is 138 cm³/mol. The maximum absolute atomic E-state index is 12.0. The average molecular weight is 514 g/mol. The van der Waals surface area contributed by atoms with E-state index >= 15 is 0 Å². The van der Waals surface area contributed by atoms with Crippen molar-refractivity contribution >= 4 is 23.5 Å². The van der Waals surface area contributed by atoms with Crippen LogP contribution in [0.4, 0.5) is 5.82 Å². The molecule has 0 spiro atoms. The number of carbonyl (C=O) groups excluding carboxylic acids is 1. The molecule has 3 aromatic rings. The SMILES string of the molecule is COC(=O)CN(C)c1nc(SCc2cccc(C#N)c2)c(C#N)c(-c2ccc(OCCO)cc2)c1C#N. The van der Waals surface area contributed by atoms with Crippen LogP contribution >= 0.6 is 11.8 Å². The Kier molecular flexibility index (Phi) is 9.46. The number of carbonyl (C=O) groups is 1. The van der Waals surface area contributed by atoms with Crippen LogP contribution in [0.25, 0.3) is 11.1 Å². The lowest BCUT2D eigenvalue weighted by Crippen LogP contribution is -2.28. The van der Waals surface area contributed by atoms with Crippen molar-refractivity contribution in [3.63, 3.8) is 0 Å². The lowest BCUT2D eigenvalue weighted by molar-refractivity contribution is -0.138. The van der Waals surface area contributed by atoms with E-state index in [1.165, 1.54) is 23.8 Å². The van der Waals surface area contributed by atoms with E-state index < -0.39 is 5.97 Å². The summed E-state index contributed by atoms with van der Waals surface area (Å²) >= 11 is 1.29. The van der Waals surface area contributed by atoms with Crippen LogP contribution in [0.5, 0.6) is 5.75 Å². The van der Waals surface area contributed by atoms with Crippen LogP contribution < -0.4 is 9.64 Å². The van der Waals surface area contributed by atoms with Crippen molar-refractivity contribution in [3.8, 4) is 35.1 Å². The number of hydrogen-bond acceptors (Lipinski definition) is 10. The van der Waals surface area contributed by atoms with E-state index in [0.29, 0.717) is 33.2 Å². The van der Waals surface area contributed by atoms with Gasteiger partial charge in [-0.2, -0.15) is 15.8 Å². The third-order valence-corrected chi connectivity index (χ3v) is 6.31. The van der Waals surface area contributed by atoms with Gasteiger partial charge in [0.05, 0.1) is 30.9 Å². The molecule has 0 aliphatic carbocycles. The summed E-state index contributed by atoms with van der Waals surface area (Å²) in [6.07, 6.45) is 0. The van der Waals surface area contributed by atoms with Crippen LogP contribution in [0.15, 0.2) is 53.6 Å². The van der Waals surface area contributed by atoms with E-state index in [0.717, 1.165) is 5.56 Å². The average Bonchev–Trinajstić information content (AvgIpc) is 2.94. The molecule has 186 valence electrons. The molecule has 10 heteroatoms. The number of rotatable bonds is 10. The van der Waals surface area contributed by atoms with Crippen molar-refractivity contribution in [2.24, 2.45) is 0 Å². The van der Waals surface area contributed by atoms with Crippen molar-refractivity contribution < 1.29 is 19.4 Å². The molecule has 0 saturated heterocycles. The van der Waals surface area contributed by atoms with Crippen molar-refractivity contribution in [3.05, 3.63) is 70.8 Å².